The molecule has 4 aliphatic rings. The van der Waals surface area contributed by atoms with Gasteiger partial charge in [-0.3, -0.25) is 0 Å². The average Bonchev–Trinajstić information content (AvgIpc) is 3.33. The highest BCUT2D eigenvalue weighted by atomic mass is 32.2. The summed E-state index contributed by atoms with van der Waals surface area (Å²) in [5, 5.41) is -0.118. The van der Waals surface area contributed by atoms with Crippen molar-refractivity contribution in [3.8, 4) is 0 Å². The van der Waals surface area contributed by atoms with Crippen molar-refractivity contribution in [3.63, 3.8) is 0 Å². The first-order valence-corrected chi connectivity index (χ1v) is 9.40. The summed E-state index contributed by atoms with van der Waals surface area (Å²) in [5.74, 6) is 0.740. The van der Waals surface area contributed by atoms with E-state index in [4.69, 9.17) is 9.47 Å². The van der Waals surface area contributed by atoms with E-state index in [0.717, 1.165) is 38.2 Å². The van der Waals surface area contributed by atoms with Gasteiger partial charge in [0.25, 0.3) is 0 Å². The Morgan fingerprint density at radius 2 is 1.90 bits per heavy atom. The maximum Gasteiger partial charge on any atom is 0.217 e. The van der Waals surface area contributed by atoms with E-state index < -0.39 is 10.0 Å². The Kier molecular flexibility index (Phi) is 3.33. The van der Waals surface area contributed by atoms with Crippen LogP contribution < -0.4 is 0 Å². The highest BCUT2D eigenvalue weighted by Gasteiger charge is 2.51. The maximum atomic E-state index is 12.5. The van der Waals surface area contributed by atoms with Crippen LogP contribution in [0.15, 0.2) is 0 Å². The Morgan fingerprint density at radius 1 is 1.10 bits per heavy atom. The molecule has 3 aliphatic carbocycles. The molecule has 0 unspecified atom stereocenters. The topological polar surface area (TPSA) is 55.8 Å². The zero-order valence-corrected chi connectivity index (χ0v) is 12.6. The predicted octanol–water partition coefficient (Wildman–Crippen LogP) is 1.14. The smallest absolute Gasteiger partial charge is 0.217 e. The second-order valence-corrected chi connectivity index (χ2v) is 8.82. The van der Waals surface area contributed by atoms with E-state index in [1.807, 2.05) is 0 Å². The molecule has 3 atom stereocenters. The lowest BCUT2D eigenvalue weighted by Gasteiger charge is -2.38. The molecular formula is C14H23NO4S. The van der Waals surface area contributed by atoms with Crippen molar-refractivity contribution in [2.45, 2.75) is 62.0 Å². The van der Waals surface area contributed by atoms with Gasteiger partial charge < -0.3 is 9.47 Å². The summed E-state index contributed by atoms with van der Waals surface area (Å²) in [6.07, 6.45) is 6.09. The number of rotatable bonds is 5. The van der Waals surface area contributed by atoms with Gasteiger partial charge in [0.1, 0.15) is 6.10 Å². The van der Waals surface area contributed by atoms with Crippen LogP contribution in [0.2, 0.25) is 0 Å². The zero-order chi connectivity index (χ0) is 13.7. The van der Waals surface area contributed by atoms with Gasteiger partial charge in [0, 0.05) is 13.2 Å². The molecule has 0 aromatic rings. The molecule has 1 aliphatic heterocycles. The molecule has 0 amide bonds. The van der Waals surface area contributed by atoms with Gasteiger partial charge in [-0.25, -0.2) is 8.42 Å². The highest BCUT2D eigenvalue weighted by Crippen LogP contribution is 2.39. The number of hydrogen-bond donors (Lipinski definition) is 0. The molecule has 4 fully saturated rings. The standard InChI is InChI=1S/C14H23NO4S/c16-20(17,11-3-4-11)15-7-8-18-14-12(15)5-6-13(14)19-9-10-1-2-10/h10-14H,1-9H2/t12-,13+,14+/m0/s1. The van der Waals surface area contributed by atoms with Gasteiger partial charge in [-0.15, -0.1) is 0 Å². The lowest BCUT2D eigenvalue weighted by Crippen LogP contribution is -2.54. The van der Waals surface area contributed by atoms with Gasteiger partial charge in [-0.1, -0.05) is 0 Å². The van der Waals surface area contributed by atoms with Crippen molar-refractivity contribution in [3.05, 3.63) is 0 Å². The fourth-order valence-corrected chi connectivity index (χ4v) is 5.52. The van der Waals surface area contributed by atoms with E-state index in [1.165, 1.54) is 12.8 Å². The van der Waals surface area contributed by atoms with Gasteiger partial charge in [-0.2, -0.15) is 4.31 Å². The molecule has 6 heteroatoms. The van der Waals surface area contributed by atoms with Crippen molar-refractivity contribution in [1.82, 2.24) is 4.31 Å². The third kappa shape index (κ3) is 2.40. The Morgan fingerprint density at radius 3 is 2.60 bits per heavy atom. The van der Waals surface area contributed by atoms with Crippen LogP contribution in [0.5, 0.6) is 0 Å². The van der Waals surface area contributed by atoms with Gasteiger partial charge in [0.2, 0.25) is 10.0 Å². The van der Waals surface area contributed by atoms with Crippen LogP contribution >= 0.6 is 0 Å². The summed E-state index contributed by atoms with van der Waals surface area (Å²) >= 11 is 0. The van der Waals surface area contributed by atoms with Gasteiger partial charge in [0.15, 0.2) is 0 Å². The third-order valence-electron chi connectivity index (χ3n) is 5.00. The molecule has 5 nitrogen and oxygen atoms in total. The second-order valence-electron chi connectivity index (χ2n) is 6.65. The number of fused-ring (bicyclic) bond motifs is 1. The lowest BCUT2D eigenvalue weighted by molar-refractivity contribution is -0.0977. The zero-order valence-electron chi connectivity index (χ0n) is 11.7. The van der Waals surface area contributed by atoms with E-state index in [-0.39, 0.29) is 23.5 Å². The number of morpholine rings is 1. The molecule has 20 heavy (non-hydrogen) atoms. The minimum absolute atomic E-state index is 0.0125. The first-order valence-electron chi connectivity index (χ1n) is 7.90. The van der Waals surface area contributed by atoms with Crippen LogP contribution in [0.1, 0.15) is 38.5 Å². The minimum Gasteiger partial charge on any atom is -0.375 e. The maximum absolute atomic E-state index is 12.5. The van der Waals surface area contributed by atoms with Crippen LogP contribution in [-0.4, -0.2) is 56.0 Å². The molecule has 0 aromatic heterocycles. The lowest BCUT2D eigenvalue weighted by atomic mass is 10.1. The Labute approximate surface area is 120 Å². The third-order valence-corrected chi connectivity index (χ3v) is 7.42. The normalized spacial score (nSPS) is 38.9. The quantitative estimate of drug-likeness (QED) is 0.764. The van der Waals surface area contributed by atoms with Crippen LogP contribution in [0.3, 0.4) is 0 Å². The van der Waals surface area contributed by atoms with E-state index in [2.05, 4.69) is 0 Å². The molecule has 4 rings (SSSR count). The largest absolute Gasteiger partial charge is 0.375 e. The number of sulfonamides is 1. The Balaban J connectivity index is 1.45. The number of ether oxygens (including phenoxy) is 2. The van der Waals surface area contributed by atoms with Crippen LogP contribution in [0.4, 0.5) is 0 Å². The molecule has 1 saturated heterocycles. The van der Waals surface area contributed by atoms with Crippen molar-refractivity contribution >= 4 is 10.0 Å². The summed E-state index contributed by atoms with van der Waals surface area (Å²) in [5.41, 5.74) is 0. The van der Waals surface area contributed by atoms with E-state index >= 15 is 0 Å². The average molecular weight is 301 g/mol. The van der Waals surface area contributed by atoms with Crippen molar-refractivity contribution in [1.29, 1.82) is 0 Å². The van der Waals surface area contributed by atoms with Crippen molar-refractivity contribution in [2.75, 3.05) is 19.8 Å². The fourth-order valence-electron chi connectivity index (χ4n) is 3.48. The second kappa shape index (κ2) is 4.93. The van der Waals surface area contributed by atoms with Crippen LogP contribution in [0, 0.1) is 5.92 Å². The fraction of sp³-hybridized carbons (Fsp3) is 1.00. The van der Waals surface area contributed by atoms with Crippen molar-refractivity contribution in [2.24, 2.45) is 5.92 Å². The molecular weight excluding hydrogens is 278 g/mol. The van der Waals surface area contributed by atoms with Crippen LogP contribution in [0.25, 0.3) is 0 Å². The molecule has 114 valence electrons. The molecule has 1 heterocycles. The monoisotopic (exact) mass is 301 g/mol. The van der Waals surface area contributed by atoms with Gasteiger partial charge in [-0.05, 0) is 44.4 Å². The minimum atomic E-state index is -3.09. The molecule has 0 radical (unpaired) electrons. The van der Waals surface area contributed by atoms with Gasteiger partial charge >= 0.3 is 0 Å². The van der Waals surface area contributed by atoms with Crippen molar-refractivity contribution < 1.29 is 17.9 Å². The molecule has 0 spiro atoms. The number of nitrogens with zero attached hydrogens (tertiary/aromatic N) is 1. The SMILES string of the molecule is O=S(=O)(C1CC1)N1CCO[C@H]2[C@H](OCC3CC3)CC[C@@H]21. The van der Waals surface area contributed by atoms with Crippen LogP contribution in [-0.2, 0) is 19.5 Å². The summed E-state index contributed by atoms with van der Waals surface area (Å²) in [7, 11) is -3.09. The van der Waals surface area contributed by atoms with E-state index in [1.54, 1.807) is 4.31 Å². The predicted molar refractivity (Wildman–Crippen MR) is 73.9 cm³/mol. The summed E-state index contributed by atoms with van der Waals surface area (Å²) in [4.78, 5) is 0. The van der Waals surface area contributed by atoms with Gasteiger partial charge in [0.05, 0.1) is 24.0 Å². The first kappa shape index (κ1) is 13.5. The Hall–Kier alpha value is -0.170. The Bertz CT molecular complexity index is 472. The molecule has 0 aromatic carbocycles. The summed E-state index contributed by atoms with van der Waals surface area (Å²) < 4.78 is 38.6. The molecule has 0 bridgehead atoms. The van der Waals surface area contributed by atoms with E-state index in [9.17, 15) is 8.42 Å². The first-order chi connectivity index (χ1) is 9.66. The number of hydrogen-bond acceptors (Lipinski definition) is 4. The summed E-state index contributed by atoms with van der Waals surface area (Å²) in [6, 6.07) is 0.0125. The highest BCUT2D eigenvalue weighted by molar-refractivity contribution is 7.90. The molecule has 0 N–H and O–H groups in total. The van der Waals surface area contributed by atoms with E-state index in [0.29, 0.717) is 13.2 Å². The molecule has 3 saturated carbocycles. The summed E-state index contributed by atoms with van der Waals surface area (Å²) in [6.45, 7) is 1.86.